The molecule has 8 nitrogen and oxygen atoms in total. The third kappa shape index (κ3) is 16.1. The predicted octanol–water partition coefficient (Wildman–Crippen LogP) is 0.964. The molecule has 0 aromatic carbocycles. The van der Waals surface area contributed by atoms with E-state index >= 15 is 0 Å². The van der Waals surface area contributed by atoms with Gasteiger partial charge in [-0.25, -0.2) is 4.79 Å². The normalized spacial score (nSPS) is 17.7. The fourth-order valence-corrected chi connectivity index (χ4v) is 1.92. The summed E-state index contributed by atoms with van der Waals surface area (Å²) in [5.74, 6) is 0. The fourth-order valence-electron chi connectivity index (χ4n) is 1.92. The molecule has 2 fully saturated rings. The minimum Gasteiger partial charge on any atom is -0.462 e. The summed E-state index contributed by atoms with van der Waals surface area (Å²) in [5, 5.41) is 9.63. The van der Waals surface area contributed by atoms with Gasteiger partial charge in [-0.1, -0.05) is 0 Å². The summed E-state index contributed by atoms with van der Waals surface area (Å²) in [7, 11) is 0. The summed E-state index contributed by atoms with van der Waals surface area (Å²) < 4.78 is 9.78. The molecule has 154 valence electrons. The van der Waals surface area contributed by atoms with Crippen LogP contribution in [-0.4, -0.2) is 81.0 Å². The molecule has 0 saturated carbocycles. The second-order valence-corrected chi connectivity index (χ2v) is 8.04. The number of piperazine rings is 2. The van der Waals surface area contributed by atoms with Gasteiger partial charge in [-0.3, -0.25) is 4.79 Å². The van der Waals surface area contributed by atoms with E-state index in [1.807, 2.05) is 41.5 Å². The number of ether oxygens (including phenoxy) is 2. The van der Waals surface area contributed by atoms with Crippen LogP contribution >= 0.6 is 0 Å². The third-order valence-corrected chi connectivity index (χ3v) is 3.13. The monoisotopic (exact) mass is 374 g/mol. The van der Waals surface area contributed by atoms with Crippen molar-refractivity contribution in [2.45, 2.75) is 52.7 Å². The molecule has 0 atom stereocenters. The van der Waals surface area contributed by atoms with Crippen LogP contribution in [0.4, 0.5) is 4.79 Å². The topological polar surface area (TPSA) is 91.9 Å². The van der Waals surface area contributed by atoms with Crippen molar-refractivity contribution in [1.29, 1.82) is 0 Å². The maximum absolute atomic E-state index is 11.5. The number of rotatable bonds is 1. The van der Waals surface area contributed by atoms with Crippen molar-refractivity contribution in [1.82, 2.24) is 20.9 Å². The van der Waals surface area contributed by atoms with Crippen LogP contribution < -0.4 is 16.0 Å². The standard InChI is InChI=1S/C9H18N2O2.C5H10O2.C4H10N2/c1-9(2,3)13-8(12)11-6-4-10-5-7-11;1-5(2,3)7-4-6;1-2-6-4-3-5-1/h10H,4-7H2,1-3H3;4H,1-3H3;5-6H,1-4H2. The number of nitrogens with one attached hydrogen (secondary N) is 3. The lowest BCUT2D eigenvalue weighted by molar-refractivity contribution is -0.138. The van der Waals surface area contributed by atoms with Crippen LogP contribution in [0.5, 0.6) is 0 Å². The quantitative estimate of drug-likeness (QED) is 0.589. The second kappa shape index (κ2) is 12.9. The molecule has 0 radical (unpaired) electrons. The number of carbonyl (C=O) groups is 2. The first-order chi connectivity index (χ1) is 12.0. The Morgan fingerprint density at radius 1 is 0.808 bits per heavy atom. The highest BCUT2D eigenvalue weighted by molar-refractivity contribution is 5.68. The molecule has 26 heavy (non-hydrogen) atoms. The van der Waals surface area contributed by atoms with Crippen LogP contribution in [0.2, 0.25) is 0 Å². The van der Waals surface area contributed by atoms with Gasteiger partial charge < -0.3 is 30.3 Å². The van der Waals surface area contributed by atoms with E-state index in [4.69, 9.17) is 4.74 Å². The number of carbonyl (C=O) groups excluding carboxylic acids is 2. The molecule has 0 spiro atoms. The highest BCUT2D eigenvalue weighted by atomic mass is 16.6. The van der Waals surface area contributed by atoms with E-state index in [-0.39, 0.29) is 17.3 Å². The average molecular weight is 375 g/mol. The molecule has 0 aromatic heterocycles. The summed E-state index contributed by atoms with van der Waals surface area (Å²) in [6.45, 7) is 19.3. The fraction of sp³-hybridized carbons (Fsp3) is 0.889. The zero-order valence-electron chi connectivity index (χ0n) is 17.3. The molecule has 1 amide bonds. The lowest BCUT2D eigenvalue weighted by atomic mass is 10.2. The molecule has 2 saturated heterocycles. The molecular weight excluding hydrogens is 336 g/mol. The van der Waals surface area contributed by atoms with Crippen molar-refractivity contribution in [2.24, 2.45) is 0 Å². The minimum atomic E-state index is -0.387. The molecule has 0 aliphatic carbocycles. The van der Waals surface area contributed by atoms with Crippen LogP contribution in [-0.2, 0) is 14.3 Å². The zero-order valence-corrected chi connectivity index (χ0v) is 17.3. The van der Waals surface area contributed by atoms with Gasteiger partial charge in [0.15, 0.2) is 0 Å². The highest BCUT2D eigenvalue weighted by Gasteiger charge is 2.22. The van der Waals surface area contributed by atoms with Crippen LogP contribution in [0.1, 0.15) is 41.5 Å². The average Bonchev–Trinajstić information content (AvgIpc) is 2.56. The van der Waals surface area contributed by atoms with Gasteiger partial charge in [0.25, 0.3) is 6.47 Å². The van der Waals surface area contributed by atoms with Gasteiger partial charge in [-0.15, -0.1) is 0 Å². The smallest absolute Gasteiger partial charge is 0.410 e. The second-order valence-electron chi connectivity index (χ2n) is 8.04. The molecular formula is C18H38N4O4. The van der Waals surface area contributed by atoms with Crippen molar-refractivity contribution < 1.29 is 19.1 Å². The first kappa shape index (κ1) is 24.6. The Labute approximate surface area is 158 Å². The number of hydrogen-bond acceptors (Lipinski definition) is 7. The maximum atomic E-state index is 11.5. The summed E-state index contributed by atoms with van der Waals surface area (Å²) in [5.41, 5.74) is -0.705. The Morgan fingerprint density at radius 2 is 1.23 bits per heavy atom. The third-order valence-electron chi connectivity index (χ3n) is 3.13. The molecule has 2 aliphatic heterocycles. The van der Waals surface area contributed by atoms with E-state index in [2.05, 4.69) is 20.7 Å². The van der Waals surface area contributed by atoms with Crippen molar-refractivity contribution in [3.05, 3.63) is 0 Å². The van der Waals surface area contributed by atoms with E-state index in [9.17, 15) is 9.59 Å². The molecule has 2 aliphatic rings. The van der Waals surface area contributed by atoms with Crippen LogP contribution in [0.25, 0.3) is 0 Å². The van der Waals surface area contributed by atoms with Gasteiger partial charge in [0, 0.05) is 52.4 Å². The molecule has 0 bridgehead atoms. The van der Waals surface area contributed by atoms with Gasteiger partial charge in [0.2, 0.25) is 0 Å². The Hall–Kier alpha value is -1.38. The van der Waals surface area contributed by atoms with Crippen molar-refractivity contribution in [3.8, 4) is 0 Å². The summed E-state index contributed by atoms with van der Waals surface area (Å²) in [6, 6.07) is 0. The summed E-state index contributed by atoms with van der Waals surface area (Å²) in [6.07, 6.45) is -0.200. The number of nitrogens with zero attached hydrogens (tertiary/aromatic N) is 1. The minimum absolute atomic E-state index is 0.200. The van der Waals surface area contributed by atoms with E-state index in [0.29, 0.717) is 6.47 Å². The Kier molecular flexibility index (Phi) is 12.2. The van der Waals surface area contributed by atoms with E-state index in [1.165, 1.54) is 0 Å². The van der Waals surface area contributed by atoms with Crippen molar-refractivity contribution in [3.63, 3.8) is 0 Å². The Morgan fingerprint density at radius 3 is 1.50 bits per heavy atom. The van der Waals surface area contributed by atoms with Crippen LogP contribution in [0, 0.1) is 0 Å². The van der Waals surface area contributed by atoms with E-state index in [0.717, 1.165) is 52.4 Å². The lowest BCUT2D eigenvalue weighted by Crippen LogP contribution is -2.48. The molecule has 2 rings (SSSR count). The van der Waals surface area contributed by atoms with E-state index in [1.54, 1.807) is 4.90 Å². The molecule has 8 heteroatoms. The lowest BCUT2D eigenvalue weighted by Gasteiger charge is -2.30. The Balaban J connectivity index is 0.000000404. The molecule has 2 heterocycles. The largest absolute Gasteiger partial charge is 0.462 e. The zero-order chi connectivity index (χ0) is 20.1. The van der Waals surface area contributed by atoms with Crippen molar-refractivity contribution >= 4 is 12.6 Å². The number of amides is 1. The molecule has 0 unspecified atom stereocenters. The number of hydrogen-bond donors (Lipinski definition) is 3. The first-order valence-electron chi connectivity index (χ1n) is 9.27. The first-order valence-corrected chi connectivity index (χ1v) is 9.27. The predicted molar refractivity (Wildman–Crippen MR) is 103 cm³/mol. The van der Waals surface area contributed by atoms with Crippen LogP contribution in [0.3, 0.4) is 0 Å². The van der Waals surface area contributed by atoms with Gasteiger partial charge in [0.1, 0.15) is 11.2 Å². The van der Waals surface area contributed by atoms with Gasteiger partial charge in [0.05, 0.1) is 0 Å². The van der Waals surface area contributed by atoms with Gasteiger partial charge in [-0.05, 0) is 41.5 Å². The highest BCUT2D eigenvalue weighted by Crippen LogP contribution is 2.10. The van der Waals surface area contributed by atoms with Gasteiger partial charge in [-0.2, -0.15) is 0 Å². The molecule has 0 aromatic rings. The summed E-state index contributed by atoms with van der Waals surface area (Å²) >= 11 is 0. The van der Waals surface area contributed by atoms with E-state index < -0.39 is 0 Å². The maximum Gasteiger partial charge on any atom is 0.410 e. The van der Waals surface area contributed by atoms with Crippen LogP contribution in [0.15, 0.2) is 0 Å². The van der Waals surface area contributed by atoms with Gasteiger partial charge >= 0.3 is 6.09 Å². The van der Waals surface area contributed by atoms with Crippen molar-refractivity contribution in [2.75, 3.05) is 52.4 Å². The SMILES string of the molecule is C1CNCCN1.CC(C)(C)OC(=O)N1CCNCC1.CC(C)(C)OC=O. The molecule has 3 N–H and O–H groups in total. The Bertz CT molecular complexity index is 370. The summed E-state index contributed by atoms with van der Waals surface area (Å²) in [4.78, 5) is 22.8.